The average molecular weight is 220 g/mol. The van der Waals surface area contributed by atoms with Crippen LogP contribution in [0.15, 0.2) is 12.1 Å². The number of methoxy groups -OCH3 is 1. The van der Waals surface area contributed by atoms with Gasteiger partial charge in [0, 0.05) is 5.69 Å². The highest BCUT2D eigenvalue weighted by Gasteiger charge is 2.04. The van der Waals surface area contributed by atoms with Gasteiger partial charge in [0.15, 0.2) is 0 Å². The minimum Gasteiger partial charge on any atom is -0.495 e. The molecule has 0 bridgehead atoms. The topological polar surface area (TPSA) is 21.3 Å². The zero-order valence-corrected chi connectivity index (χ0v) is 9.04. The first-order chi connectivity index (χ1) is 6.19. The van der Waals surface area contributed by atoms with Crippen LogP contribution in [0.4, 0.5) is 5.69 Å². The van der Waals surface area contributed by atoms with Gasteiger partial charge in [-0.15, -0.1) is 11.6 Å². The molecule has 0 fully saturated rings. The summed E-state index contributed by atoms with van der Waals surface area (Å²) in [5.41, 5.74) is 1.99. The van der Waals surface area contributed by atoms with E-state index in [1.165, 1.54) is 0 Å². The van der Waals surface area contributed by atoms with Gasteiger partial charge >= 0.3 is 0 Å². The maximum Gasteiger partial charge on any atom is 0.137 e. The van der Waals surface area contributed by atoms with Crippen LogP contribution < -0.4 is 10.1 Å². The van der Waals surface area contributed by atoms with Crippen molar-refractivity contribution in [2.45, 2.75) is 6.92 Å². The van der Waals surface area contributed by atoms with E-state index in [9.17, 15) is 0 Å². The second-order valence-corrected chi connectivity index (χ2v) is 3.29. The fraction of sp³-hybridized carbons (Fsp3) is 0.333. The van der Waals surface area contributed by atoms with Crippen LogP contribution in [0.1, 0.15) is 5.56 Å². The molecule has 0 atom stereocenters. The predicted molar refractivity (Wildman–Crippen MR) is 57.1 cm³/mol. The Morgan fingerprint density at radius 2 is 2.15 bits per heavy atom. The number of rotatable bonds is 3. The molecule has 0 spiro atoms. The Hall–Kier alpha value is -0.600. The third-order valence-electron chi connectivity index (χ3n) is 1.76. The van der Waals surface area contributed by atoms with Gasteiger partial charge in [0.2, 0.25) is 0 Å². The third kappa shape index (κ3) is 2.42. The number of hydrogen-bond donors (Lipinski definition) is 1. The summed E-state index contributed by atoms with van der Waals surface area (Å²) in [6.45, 7) is 1.97. The maximum absolute atomic E-state index is 5.93. The number of alkyl halides is 1. The van der Waals surface area contributed by atoms with Crippen molar-refractivity contribution in [2.75, 3.05) is 18.4 Å². The molecule has 1 N–H and O–H groups in total. The van der Waals surface area contributed by atoms with Gasteiger partial charge in [0.25, 0.3) is 0 Å². The standard InChI is InChI=1S/C9H11Cl2NO/c1-6-3-9(13-2)7(11)4-8(6)12-5-10/h3-4,12H,5H2,1-2H3. The van der Waals surface area contributed by atoms with Crippen molar-refractivity contribution in [1.82, 2.24) is 0 Å². The highest BCUT2D eigenvalue weighted by molar-refractivity contribution is 6.32. The van der Waals surface area contributed by atoms with Crippen LogP contribution in [0.3, 0.4) is 0 Å². The molecule has 0 unspecified atom stereocenters. The van der Waals surface area contributed by atoms with E-state index in [0.717, 1.165) is 11.3 Å². The molecule has 0 saturated carbocycles. The van der Waals surface area contributed by atoms with Crippen molar-refractivity contribution in [3.63, 3.8) is 0 Å². The van der Waals surface area contributed by atoms with Crippen LogP contribution in [-0.2, 0) is 0 Å². The molecule has 1 aromatic rings. The molecule has 13 heavy (non-hydrogen) atoms. The van der Waals surface area contributed by atoms with E-state index in [4.69, 9.17) is 27.9 Å². The van der Waals surface area contributed by atoms with Crippen LogP contribution >= 0.6 is 23.2 Å². The normalized spacial score (nSPS) is 9.85. The molecule has 2 nitrogen and oxygen atoms in total. The molecule has 0 heterocycles. The summed E-state index contributed by atoms with van der Waals surface area (Å²) in [5, 5.41) is 3.58. The highest BCUT2D eigenvalue weighted by atomic mass is 35.5. The number of ether oxygens (including phenoxy) is 1. The largest absolute Gasteiger partial charge is 0.495 e. The smallest absolute Gasteiger partial charge is 0.137 e. The van der Waals surface area contributed by atoms with E-state index in [1.54, 1.807) is 13.2 Å². The Labute approximate surface area is 87.8 Å². The Balaban J connectivity index is 3.05. The maximum atomic E-state index is 5.93. The Kier molecular flexibility index (Phi) is 3.70. The molecule has 72 valence electrons. The van der Waals surface area contributed by atoms with E-state index in [1.807, 2.05) is 13.0 Å². The molecule has 0 aliphatic carbocycles. The Morgan fingerprint density at radius 3 is 2.69 bits per heavy atom. The fourth-order valence-electron chi connectivity index (χ4n) is 1.07. The van der Waals surface area contributed by atoms with E-state index in [2.05, 4.69) is 5.32 Å². The van der Waals surface area contributed by atoms with Crippen molar-refractivity contribution in [1.29, 1.82) is 0 Å². The van der Waals surface area contributed by atoms with E-state index >= 15 is 0 Å². The first-order valence-corrected chi connectivity index (χ1v) is 4.74. The van der Waals surface area contributed by atoms with Gasteiger partial charge in [-0.2, -0.15) is 0 Å². The summed E-state index contributed by atoms with van der Waals surface area (Å²) < 4.78 is 5.07. The first-order valence-electron chi connectivity index (χ1n) is 3.83. The SMILES string of the molecule is COc1cc(C)c(NCCl)cc1Cl. The predicted octanol–water partition coefficient (Wildman–Crippen LogP) is 3.27. The zero-order valence-electron chi connectivity index (χ0n) is 7.53. The molecular weight excluding hydrogens is 209 g/mol. The summed E-state index contributed by atoms with van der Waals surface area (Å²) in [5.74, 6) is 0.680. The molecule has 0 amide bonds. The van der Waals surface area contributed by atoms with Gasteiger partial charge < -0.3 is 10.1 Å². The summed E-state index contributed by atoms with van der Waals surface area (Å²) in [7, 11) is 1.59. The van der Waals surface area contributed by atoms with Crippen molar-refractivity contribution in [3.05, 3.63) is 22.7 Å². The zero-order chi connectivity index (χ0) is 9.84. The minimum absolute atomic E-state index is 0.365. The van der Waals surface area contributed by atoms with Gasteiger partial charge in [0.1, 0.15) is 5.75 Å². The lowest BCUT2D eigenvalue weighted by Crippen LogP contribution is -1.97. The molecule has 0 saturated heterocycles. The molecule has 0 aromatic heterocycles. The average Bonchev–Trinajstić information content (AvgIpc) is 2.11. The summed E-state index contributed by atoms with van der Waals surface area (Å²) in [6.07, 6.45) is 0. The number of hydrogen-bond acceptors (Lipinski definition) is 2. The lowest BCUT2D eigenvalue weighted by molar-refractivity contribution is 0.415. The molecule has 0 aliphatic rings. The van der Waals surface area contributed by atoms with Crippen LogP contribution in [0.5, 0.6) is 5.75 Å². The van der Waals surface area contributed by atoms with Crippen LogP contribution in [-0.4, -0.2) is 13.1 Å². The van der Waals surface area contributed by atoms with Gasteiger partial charge in [-0.3, -0.25) is 0 Å². The van der Waals surface area contributed by atoms with E-state index in [0.29, 0.717) is 16.8 Å². The number of anilines is 1. The molecule has 0 aliphatic heterocycles. The van der Waals surface area contributed by atoms with Crippen LogP contribution in [0.25, 0.3) is 0 Å². The summed E-state index contributed by atoms with van der Waals surface area (Å²) in [6, 6.07) is 4.04. The Morgan fingerprint density at radius 1 is 1.46 bits per heavy atom. The molecule has 1 aromatic carbocycles. The number of benzene rings is 1. The molecular formula is C9H11Cl2NO. The van der Waals surface area contributed by atoms with Crippen molar-refractivity contribution in [3.8, 4) is 5.75 Å². The second-order valence-electron chi connectivity index (χ2n) is 2.61. The minimum atomic E-state index is 0.365. The van der Waals surface area contributed by atoms with Gasteiger partial charge in [-0.1, -0.05) is 11.6 Å². The molecule has 0 radical (unpaired) electrons. The van der Waals surface area contributed by atoms with Crippen molar-refractivity contribution < 1.29 is 4.74 Å². The summed E-state index contributed by atoms with van der Waals surface area (Å²) >= 11 is 11.5. The van der Waals surface area contributed by atoms with E-state index in [-0.39, 0.29) is 0 Å². The van der Waals surface area contributed by atoms with Gasteiger partial charge in [-0.25, -0.2) is 0 Å². The van der Waals surface area contributed by atoms with E-state index < -0.39 is 0 Å². The monoisotopic (exact) mass is 219 g/mol. The van der Waals surface area contributed by atoms with Gasteiger partial charge in [0.05, 0.1) is 18.1 Å². The quantitative estimate of drug-likeness (QED) is 0.623. The van der Waals surface area contributed by atoms with Crippen molar-refractivity contribution in [2.24, 2.45) is 0 Å². The lowest BCUT2D eigenvalue weighted by atomic mass is 10.2. The number of nitrogens with one attached hydrogen (secondary N) is 1. The lowest BCUT2D eigenvalue weighted by Gasteiger charge is -2.10. The molecule has 1 rings (SSSR count). The second kappa shape index (κ2) is 4.58. The molecule has 4 heteroatoms. The number of aryl methyl sites for hydroxylation is 1. The highest BCUT2D eigenvalue weighted by Crippen LogP contribution is 2.30. The number of halogens is 2. The first kappa shape index (κ1) is 10.5. The third-order valence-corrected chi connectivity index (χ3v) is 2.19. The fourth-order valence-corrected chi connectivity index (χ4v) is 1.46. The van der Waals surface area contributed by atoms with Crippen molar-refractivity contribution >= 4 is 28.9 Å². The van der Waals surface area contributed by atoms with Crippen LogP contribution in [0.2, 0.25) is 5.02 Å². The summed E-state index contributed by atoms with van der Waals surface area (Å²) in [4.78, 5) is 0. The van der Waals surface area contributed by atoms with Crippen LogP contribution in [0, 0.1) is 6.92 Å². The van der Waals surface area contributed by atoms with Gasteiger partial charge in [-0.05, 0) is 24.6 Å². The Bertz CT molecular complexity index is 302.